The van der Waals surface area contributed by atoms with Gasteiger partial charge in [-0.25, -0.2) is 0 Å². The van der Waals surface area contributed by atoms with Gasteiger partial charge in [0.05, 0.1) is 24.3 Å². The number of hydrogen-bond acceptors (Lipinski definition) is 3. The molecule has 1 saturated heterocycles. The van der Waals surface area contributed by atoms with Gasteiger partial charge < -0.3 is 14.8 Å². The van der Waals surface area contributed by atoms with Gasteiger partial charge in [-0.1, -0.05) is 41.9 Å². The molecule has 0 aromatic heterocycles. The van der Waals surface area contributed by atoms with Crippen molar-refractivity contribution >= 4 is 11.6 Å². The molecule has 0 saturated carbocycles. The van der Waals surface area contributed by atoms with Crippen LogP contribution in [0, 0.1) is 0 Å². The first-order valence-electron chi connectivity index (χ1n) is 8.28. The normalized spacial score (nSPS) is 22.2. The van der Waals surface area contributed by atoms with Gasteiger partial charge in [-0.05, 0) is 36.2 Å². The van der Waals surface area contributed by atoms with Gasteiger partial charge in [-0.3, -0.25) is 0 Å². The molecule has 140 valence electrons. The van der Waals surface area contributed by atoms with E-state index in [-0.39, 0.29) is 16.6 Å². The summed E-state index contributed by atoms with van der Waals surface area (Å²) in [5.41, 5.74) is 0.511. The molecule has 1 heterocycles. The van der Waals surface area contributed by atoms with Gasteiger partial charge in [0.15, 0.2) is 6.29 Å². The minimum atomic E-state index is -4.44. The molecule has 1 aliphatic heterocycles. The number of morpholine rings is 1. The molecular formula is C19H19ClF3NO2. The second-order valence-electron chi connectivity index (χ2n) is 6.09. The predicted molar refractivity (Wildman–Crippen MR) is 92.9 cm³/mol. The Bertz CT molecular complexity index is 739. The molecule has 3 nitrogen and oxygen atoms in total. The second-order valence-corrected chi connectivity index (χ2v) is 6.50. The van der Waals surface area contributed by atoms with Crippen LogP contribution < -0.4 is 5.32 Å². The predicted octanol–water partition coefficient (Wildman–Crippen LogP) is 5.12. The van der Waals surface area contributed by atoms with Crippen LogP contribution in [-0.2, 0) is 15.7 Å². The summed E-state index contributed by atoms with van der Waals surface area (Å²) in [7, 11) is 0. The average molecular weight is 386 g/mol. The van der Waals surface area contributed by atoms with E-state index in [0.29, 0.717) is 13.2 Å². The van der Waals surface area contributed by atoms with Crippen LogP contribution in [0.4, 0.5) is 13.2 Å². The van der Waals surface area contributed by atoms with Gasteiger partial charge in [0.25, 0.3) is 0 Å². The van der Waals surface area contributed by atoms with E-state index >= 15 is 0 Å². The van der Waals surface area contributed by atoms with Crippen molar-refractivity contribution < 1.29 is 22.6 Å². The zero-order chi connectivity index (χ0) is 18.7. The Balaban J connectivity index is 1.81. The maximum Gasteiger partial charge on any atom is 0.416 e. The molecule has 2 aromatic carbocycles. The highest BCUT2D eigenvalue weighted by molar-refractivity contribution is 6.31. The highest BCUT2D eigenvalue weighted by atomic mass is 35.5. The largest absolute Gasteiger partial charge is 0.416 e. The van der Waals surface area contributed by atoms with Gasteiger partial charge in [-0.2, -0.15) is 13.2 Å². The molecule has 7 heteroatoms. The summed E-state index contributed by atoms with van der Waals surface area (Å²) in [5, 5.41) is 3.56. The fourth-order valence-electron chi connectivity index (χ4n) is 2.94. The standard InChI is InChI=1S/C19H19ClF3NO2/c1-12(15-11-14(19(21,22)23)7-8-16(15)20)26-18-17(24-9-10-25-18)13-5-3-2-4-6-13/h2-8,11-12,17-18,24H,9-10H2,1H3/t12-,17+,18-/m1/s1. The SMILES string of the molecule is C[C@@H](O[C@H]1OCCN[C@H]1c1ccccc1)c1cc(C(F)(F)F)ccc1Cl. The van der Waals surface area contributed by atoms with E-state index in [0.717, 1.165) is 17.7 Å². The molecule has 0 amide bonds. The average Bonchev–Trinajstić information content (AvgIpc) is 2.62. The summed E-state index contributed by atoms with van der Waals surface area (Å²) < 4.78 is 50.6. The molecule has 2 aromatic rings. The fourth-order valence-corrected chi connectivity index (χ4v) is 3.21. The third-order valence-electron chi connectivity index (χ3n) is 4.28. The number of benzene rings is 2. The van der Waals surface area contributed by atoms with Crippen LogP contribution in [0.3, 0.4) is 0 Å². The summed E-state index contributed by atoms with van der Waals surface area (Å²) in [6.45, 7) is 2.79. The third kappa shape index (κ3) is 4.38. The fraction of sp³-hybridized carbons (Fsp3) is 0.368. The number of rotatable bonds is 4. The van der Waals surface area contributed by atoms with E-state index < -0.39 is 24.1 Å². The molecule has 1 fully saturated rings. The molecule has 0 radical (unpaired) electrons. The van der Waals surface area contributed by atoms with Crippen molar-refractivity contribution in [1.29, 1.82) is 0 Å². The van der Waals surface area contributed by atoms with E-state index in [9.17, 15) is 13.2 Å². The first-order chi connectivity index (χ1) is 12.4. The van der Waals surface area contributed by atoms with Crippen LogP contribution >= 0.6 is 11.6 Å². The quantitative estimate of drug-likeness (QED) is 0.792. The van der Waals surface area contributed by atoms with Crippen molar-refractivity contribution in [3.05, 3.63) is 70.2 Å². The first-order valence-corrected chi connectivity index (χ1v) is 8.66. The second kappa shape index (κ2) is 7.96. The van der Waals surface area contributed by atoms with Crippen molar-refractivity contribution in [1.82, 2.24) is 5.32 Å². The van der Waals surface area contributed by atoms with E-state index in [1.807, 2.05) is 30.3 Å². The van der Waals surface area contributed by atoms with Crippen LogP contribution in [-0.4, -0.2) is 19.4 Å². The Hall–Kier alpha value is -1.60. The number of halogens is 4. The lowest BCUT2D eigenvalue weighted by molar-refractivity contribution is -0.200. The van der Waals surface area contributed by atoms with Gasteiger partial charge in [0.1, 0.15) is 0 Å². The van der Waals surface area contributed by atoms with E-state index in [1.165, 1.54) is 6.07 Å². The highest BCUT2D eigenvalue weighted by Crippen LogP contribution is 2.36. The number of nitrogens with one attached hydrogen (secondary N) is 1. The molecule has 0 aliphatic carbocycles. The smallest absolute Gasteiger partial charge is 0.349 e. The van der Waals surface area contributed by atoms with Gasteiger partial charge in [0.2, 0.25) is 0 Å². The third-order valence-corrected chi connectivity index (χ3v) is 4.62. The molecule has 1 N–H and O–H groups in total. The zero-order valence-corrected chi connectivity index (χ0v) is 14.8. The number of ether oxygens (including phenoxy) is 2. The van der Waals surface area contributed by atoms with Gasteiger partial charge >= 0.3 is 6.18 Å². The monoisotopic (exact) mass is 385 g/mol. The highest BCUT2D eigenvalue weighted by Gasteiger charge is 2.33. The van der Waals surface area contributed by atoms with Crippen LogP contribution in [0.2, 0.25) is 5.02 Å². The Kier molecular flexibility index (Phi) is 5.87. The van der Waals surface area contributed by atoms with Gasteiger partial charge in [0, 0.05) is 11.6 Å². The Morgan fingerprint density at radius 3 is 2.62 bits per heavy atom. The minimum absolute atomic E-state index is 0.211. The summed E-state index contributed by atoms with van der Waals surface area (Å²) in [6.07, 6.45) is -5.73. The van der Waals surface area contributed by atoms with Crippen molar-refractivity contribution in [2.75, 3.05) is 13.2 Å². The van der Waals surface area contributed by atoms with E-state index in [4.69, 9.17) is 21.1 Å². The zero-order valence-electron chi connectivity index (χ0n) is 14.1. The Morgan fingerprint density at radius 2 is 1.92 bits per heavy atom. The Labute approximate surface area is 155 Å². The molecule has 0 bridgehead atoms. The lowest BCUT2D eigenvalue weighted by atomic mass is 10.0. The van der Waals surface area contributed by atoms with Crippen molar-refractivity contribution in [2.45, 2.75) is 31.5 Å². The molecule has 1 aliphatic rings. The van der Waals surface area contributed by atoms with E-state index in [2.05, 4.69) is 5.32 Å². The summed E-state index contributed by atoms with van der Waals surface area (Å²) in [5.74, 6) is 0. The molecule has 3 rings (SSSR count). The molecule has 0 unspecified atom stereocenters. The molecule has 26 heavy (non-hydrogen) atoms. The lowest BCUT2D eigenvalue weighted by Gasteiger charge is -2.35. The number of hydrogen-bond donors (Lipinski definition) is 1. The molecule has 0 spiro atoms. The Morgan fingerprint density at radius 1 is 1.19 bits per heavy atom. The van der Waals surface area contributed by atoms with Crippen LogP contribution in [0.5, 0.6) is 0 Å². The van der Waals surface area contributed by atoms with Crippen LogP contribution in [0.25, 0.3) is 0 Å². The summed E-state index contributed by atoms with van der Waals surface area (Å²) in [4.78, 5) is 0. The lowest BCUT2D eigenvalue weighted by Crippen LogP contribution is -2.43. The summed E-state index contributed by atoms with van der Waals surface area (Å²) >= 11 is 6.11. The van der Waals surface area contributed by atoms with Gasteiger partial charge in [-0.15, -0.1) is 0 Å². The van der Waals surface area contributed by atoms with Crippen LogP contribution in [0.1, 0.15) is 35.8 Å². The minimum Gasteiger partial charge on any atom is -0.349 e. The maximum atomic E-state index is 13.0. The van der Waals surface area contributed by atoms with Crippen molar-refractivity contribution in [2.24, 2.45) is 0 Å². The van der Waals surface area contributed by atoms with Crippen LogP contribution in [0.15, 0.2) is 48.5 Å². The topological polar surface area (TPSA) is 30.5 Å². The summed E-state index contributed by atoms with van der Waals surface area (Å²) in [6, 6.07) is 12.7. The molecular weight excluding hydrogens is 367 g/mol. The maximum absolute atomic E-state index is 13.0. The van der Waals surface area contributed by atoms with Crippen molar-refractivity contribution in [3.63, 3.8) is 0 Å². The number of alkyl halides is 3. The van der Waals surface area contributed by atoms with Crippen molar-refractivity contribution in [3.8, 4) is 0 Å². The first kappa shape index (κ1) is 19.2. The molecule has 3 atom stereocenters. The van der Waals surface area contributed by atoms with E-state index in [1.54, 1.807) is 6.92 Å².